The zero-order valence-corrected chi connectivity index (χ0v) is 10.7. The molecule has 0 radical (unpaired) electrons. The van der Waals surface area contributed by atoms with E-state index in [-0.39, 0.29) is 0 Å². The van der Waals surface area contributed by atoms with Crippen LogP contribution in [0.4, 0.5) is 0 Å². The van der Waals surface area contributed by atoms with Gasteiger partial charge in [0.05, 0.1) is 12.2 Å². The van der Waals surface area contributed by atoms with E-state index < -0.39 is 12.2 Å². The molecule has 0 spiro atoms. The maximum atomic E-state index is 9.60. The lowest BCUT2D eigenvalue weighted by atomic mass is 10.0. The lowest BCUT2D eigenvalue weighted by Gasteiger charge is -2.15. The molecule has 0 saturated carbocycles. The maximum Gasteiger partial charge on any atom is 0.0802 e. The molecule has 2 unspecified atom stereocenters. The molecule has 2 N–H and O–H groups in total. The molecule has 90 valence electrons. The molecule has 1 rings (SSSR count). The van der Waals surface area contributed by atoms with Crippen molar-refractivity contribution in [3.8, 4) is 0 Å². The molecule has 4 heteroatoms. The zero-order valence-electron chi connectivity index (χ0n) is 9.16. The topological polar surface area (TPSA) is 40.5 Å². The minimum Gasteiger partial charge on any atom is -0.390 e. The highest BCUT2D eigenvalue weighted by Crippen LogP contribution is 2.20. The van der Waals surface area contributed by atoms with Gasteiger partial charge in [-0.2, -0.15) is 0 Å². The number of aliphatic hydroxyl groups excluding tert-OH is 2. The second-order valence-corrected chi connectivity index (χ2v) is 4.73. The van der Waals surface area contributed by atoms with Gasteiger partial charge in [0.15, 0.2) is 0 Å². The first kappa shape index (κ1) is 13.8. The Morgan fingerprint density at radius 3 is 2.12 bits per heavy atom. The molecule has 1 aromatic carbocycles. The number of aryl methyl sites for hydroxylation is 1. The number of hydrogen-bond donors (Lipinski definition) is 2. The molecule has 16 heavy (non-hydrogen) atoms. The quantitative estimate of drug-likeness (QED) is 0.857. The summed E-state index contributed by atoms with van der Waals surface area (Å²) in [6.45, 7) is 1.84. The molecule has 0 aliphatic heterocycles. The fraction of sp³-hybridized carbons (Fsp3) is 0.500. The van der Waals surface area contributed by atoms with Crippen molar-refractivity contribution < 1.29 is 10.2 Å². The predicted molar refractivity (Wildman–Crippen MR) is 67.1 cm³/mol. The van der Waals surface area contributed by atoms with Crippen molar-refractivity contribution in [1.82, 2.24) is 0 Å². The van der Waals surface area contributed by atoms with E-state index in [4.69, 9.17) is 23.2 Å². The van der Waals surface area contributed by atoms with Crippen molar-refractivity contribution >= 4 is 23.2 Å². The highest BCUT2D eigenvalue weighted by molar-refractivity contribution is 6.34. The van der Waals surface area contributed by atoms with Gasteiger partial charge in [0.1, 0.15) is 0 Å². The zero-order chi connectivity index (χ0) is 12.1. The van der Waals surface area contributed by atoms with Gasteiger partial charge in [-0.1, -0.05) is 30.1 Å². The minimum atomic E-state index is -0.692. The Balaban J connectivity index is 2.54. The monoisotopic (exact) mass is 262 g/mol. The third-order valence-electron chi connectivity index (χ3n) is 2.51. The maximum absolute atomic E-state index is 9.60. The largest absolute Gasteiger partial charge is 0.390 e. The number of benzene rings is 1. The Morgan fingerprint density at radius 1 is 1.06 bits per heavy atom. The van der Waals surface area contributed by atoms with Gasteiger partial charge in [-0.05, 0) is 43.0 Å². The summed E-state index contributed by atoms with van der Waals surface area (Å²) in [6.07, 6.45) is 0.360. The van der Waals surface area contributed by atoms with Crippen molar-refractivity contribution in [2.24, 2.45) is 0 Å². The van der Waals surface area contributed by atoms with Crippen LogP contribution in [-0.4, -0.2) is 22.4 Å². The van der Waals surface area contributed by atoms with Crippen LogP contribution in [-0.2, 0) is 6.42 Å². The number of rotatable bonds is 5. The van der Waals surface area contributed by atoms with Gasteiger partial charge in [-0.3, -0.25) is 0 Å². The molecule has 0 aromatic heterocycles. The molecule has 0 aliphatic carbocycles. The molecule has 0 saturated heterocycles. The van der Waals surface area contributed by atoms with E-state index in [1.54, 1.807) is 6.07 Å². The molecule has 2 atom stereocenters. The second-order valence-electron chi connectivity index (χ2n) is 3.86. The Kier molecular flexibility index (Phi) is 5.56. The average Bonchev–Trinajstić information content (AvgIpc) is 2.23. The van der Waals surface area contributed by atoms with E-state index >= 15 is 0 Å². The molecule has 0 heterocycles. The van der Waals surface area contributed by atoms with E-state index in [9.17, 15) is 10.2 Å². The fourth-order valence-corrected chi connectivity index (χ4v) is 2.11. The summed E-state index contributed by atoms with van der Waals surface area (Å²) in [4.78, 5) is 0. The van der Waals surface area contributed by atoms with Crippen LogP contribution in [0.5, 0.6) is 0 Å². The smallest absolute Gasteiger partial charge is 0.0802 e. The van der Waals surface area contributed by atoms with Crippen molar-refractivity contribution in [2.45, 2.75) is 38.4 Å². The highest BCUT2D eigenvalue weighted by Gasteiger charge is 2.13. The van der Waals surface area contributed by atoms with Gasteiger partial charge in [0.2, 0.25) is 0 Å². The average molecular weight is 263 g/mol. The third-order valence-corrected chi connectivity index (χ3v) is 2.95. The first-order chi connectivity index (χ1) is 7.52. The molecule has 1 aromatic rings. The van der Waals surface area contributed by atoms with E-state index in [0.29, 0.717) is 29.3 Å². The minimum absolute atomic E-state index is 0.506. The summed E-state index contributed by atoms with van der Waals surface area (Å²) in [6, 6.07) is 5.31. The first-order valence-electron chi connectivity index (χ1n) is 5.34. The van der Waals surface area contributed by atoms with Crippen LogP contribution in [0.1, 0.15) is 25.3 Å². The summed E-state index contributed by atoms with van der Waals surface area (Å²) in [5, 5.41) is 20.2. The van der Waals surface area contributed by atoms with Crippen LogP contribution in [0.3, 0.4) is 0 Å². The van der Waals surface area contributed by atoms with E-state index in [1.807, 2.05) is 19.1 Å². The molecule has 0 bridgehead atoms. The van der Waals surface area contributed by atoms with Gasteiger partial charge in [0, 0.05) is 10.0 Å². The standard InChI is InChI=1S/C12H16Cl2O2/c1-2-11(15)12(16)4-3-8-5-9(13)7-10(14)6-8/h5-7,11-12,15-16H,2-4H2,1H3. The highest BCUT2D eigenvalue weighted by atomic mass is 35.5. The van der Waals surface area contributed by atoms with Crippen molar-refractivity contribution in [2.75, 3.05) is 0 Å². The van der Waals surface area contributed by atoms with Crippen molar-refractivity contribution in [3.63, 3.8) is 0 Å². The lowest BCUT2D eigenvalue weighted by Crippen LogP contribution is -2.25. The normalized spacial score (nSPS) is 14.8. The summed E-state index contributed by atoms with van der Waals surface area (Å²) >= 11 is 11.7. The number of aliphatic hydroxyl groups is 2. The second kappa shape index (κ2) is 6.45. The van der Waals surface area contributed by atoms with Crippen LogP contribution in [0.2, 0.25) is 10.0 Å². The van der Waals surface area contributed by atoms with Crippen LogP contribution in [0.15, 0.2) is 18.2 Å². The molecule has 0 fully saturated rings. The molecular formula is C12H16Cl2O2. The fourth-order valence-electron chi connectivity index (χ4n) is 1.53. The van der Waals surface area contributed by atoms with E-state index in [0.717, 1.165) is 5.56 Å². The number of halogens is 2. The molecule has 2 nitrogen and oxygen atoms in total. The van der Waals surface area contributed by atoms with Crippen molar-refractivity contribution in [1.29, 1.82) is 0 Å². The Morgan fingerprint density at radius 2 is 1.62 bits per heavy atom. The molecule has 0 aliphatic rings. The first-order valence-corrected chi connectivity index (χ1v) is 6.09. The Hall–Kier alpha value is -0.280. The van der Waals surface area contributed by atoms with E-state index in [2.05, 4.69) is 0 Å². The molecule has 0 amide bonds. The van der Waals surface area contributed by atoms with Crippen LogP contribution in [0.25, 0.3) is 0 Å². The summed E-state index contributed by atoms with van der Waals surface area (Å²) in [5.41, 5.74) is 0.972. The van der Waals surface area contributed by atoms with Gasteiger partial charge in [-0.25, -0.2) is 0 Å². The lowest BCUT2D eigenvalue weighted by molar-refractivity contribution is 0.0130. The summed E-state index contributed by atoms with van der Waals surface area (Å²) in [5.74, 6) is 0. The van der Waals surface area contributed by atoms with Crippen LogP contribution in [0, 0.1) is 0 Å². The Labute approximate surface area is 106 Å². The van der Waals surface area contributed by atoms with Gasteiger partial charge < -0.3 is 10.2 Å². The SMILES string of the molecule is CCC(O)C(O)CCc1cc(Cl)cc(Cl)c1. The van der Waals surface area contributed by atoms with E-state index in [1.165, 1.54) is 0 Å². The Bertz CT molecular complexity index is 322. The van der Waals surface area contributed by atoms with Gasteiger partial charge >= 0.3 is 0 Å². The number of hydrogen-bond acceptors (Lipinski definition) is 2. The summed E-state index contributed by atoms with van der Waals surface area (Å²) < 4.78 is 0. The predicted octanol–water partition coefficient (Wildman–Crippen LogP) is 3.06. The van der Waals surface area contributed by atoms with Gasteiger partial charge in [0.25, 0.3) is 0 Å². The third kappa shape index (κ3) is 4.30. The van der Waals surface area contributed by atoms with Crippen LogP contribution >= 0.6 is 23.2 Å². The summed E-state index contributed by atoms with van der Waals surface area (Å²) in [7, 11) is 0. The van der Waals surface area contributed by atoms with Crippen LogP contribution < -0.4 is 0 Å². The van der Waals surface area contributed by atoms with Gasteiger partial charge in [-0.15, -0.1) is 0 Å². The van der Waals surface area contributed by atoms with Crippen molar-refractivity contribution in [3.05, 3.63) is 33.8 Å². The molecular weight excluding hydrogens is 247 g/mol.